The fourth-order valence-corrected chi connectivity index (χ4v) is 2.07. The van der Waals surface area contributed by atoms with Gasteiger partial charge >= 0.3 is 5.97 Å². The molecule has 0 aliphatic carbocycles. The van der Waals surface area contributed by atoms with Crippen LogP contribution in [0.15, 0.2) is 48.5 Å². The summed E-state index contributed by atoms with van der Waals surface area (Å²) in [6, 6.07) is 13.7. The number of carboxylic acids is 1. The molecule has 0 bridgehead atoms. The van der Waals surface area contributed by atoms with Gasteiger partial charge in [-0.2, -0.15) is 0 Å². The lowest BCUT2D eigenvalue weighted by molar-refractivity contribution is -0.135. The number of benzene rings is 2. The number of rotatable bonds is 5. The lowest BCUT2D eigenvalue weighted by Crippen LogP contribution is -2.29. The summed E-state index contributed by atoms with van der Waals surface area (Å²) in [5.74, 6) is -1.31. The number of aliphatic carboxylic acids is 1. The predicted octanol–water partition coefficient (Wildman–Crippen LogP) is 3.23. The van der Waals surface area contributed by atoms with Crippen LogP contribution in [-0.2, 0) is 11.3 Å². The van der Waals surface area contributed by atoms with Crippen molar-refractivity contribution < 1.29 is 14.3 Å². The van der Waals surface area contributed by atoms with E-state index in [1.807, 2.05) is 31.2 Å². The maximum absolute atomic E-state index is 13.3. The van der Waals surface area contributed by atoms with Gasteiger partial charge in [0.15, 0.2) is 0 Å². The normalized spacial score (nSPS) is 10.3. The van der Waals surface area contributed by atoms with Crippen LogP contribution in [0.3, 0.4) is 0 Å². The molecule has 2 aromatic carbocycles. The average molecular weight is 273 g/mol. The first-order valence-electron chi connectivity index (χ1n) is 6.33. The standard InChI is InChI=1S/C16H16FNO2/c1-12-5-2-3-6-13(12)10-18(11-16(19)20)15-8-4-7-14(17)9-15/h2-9H,10-11H2,1H3,(H,19,20). The van der Waals surface area contributed by atoms with Gasteiger partial charge in [0.1, 0.15) is 12.4 Å². The Labute approximate surface area is 117 Å². The van der Waals surface area contributed by atoms with Gasteiger partial charge in [-0.05, 0) is 36.2 Å². The molecule has 0 unspecified atom stereocenters. The summed E-state index contributed by atoms with van der Waals surface area (Å²) in [7, 11) is 0. The van der Waals surface area contributed by atoms with Crippen molar-refractivity contribution in [2.75, 3.05) is 11.4 Å². The second-order valence-electron chi connectivity index (χ2n) is 4.66. The first-order chi connectivity index (χ1) is 9.56. The molecule has 2 aromatic rings. The molecule has 104 valence electrons. The number of halogens is 1. The molecule has 2 rings (SSSR count). The minimum Gasteiger partial charge on any atom is -0.480 e. The Hall–Kier alpha value is -2.36. The highest BCUT2D eigenvalue weighted by Gasteiger charge is 2.13. The van der Waals surface area contributed by atoms with E-state index in [2.05, 4.69) is 0 Å². The first kappa shape index (κ1) is 14.1. The number of aryl methyl sites for hydroxylation is 1. The van der Waals surface area contributed by atoms with E-state index in [1.165, 1.54) is 12.1 Å². The van der Waals surface area contributed by atoms with Crippen LogP contribution in [-0.4, -0.2) is 17.6 Å². The van der Waals surface area contributed by atoms with Crippen molar-refractivity contribution in [1.29, 1.82) is 0 Å². The Bertz CT molecular complexity index is 613. The molecule has 1 N–H and O–H groups in total. The molecule has 0 aliphatic rings. The van der Waals surface area contributed by atoms with Gasteiger partial charge < -0.3 is 10.0 Å². The van der Waals surface area contributed by atoms with E-state index >= 15 is 0 Å². The number of nitrogens with zero attached hydrogens (tertiary/aromatic N) is 1. The fourth-order valence-electron chi connectivity index (χ4n) is 2.07. The van der Waals surface area contributed by atoms with E-state index in [0.29, 0.717) is 12.2 Å². The molecule has 0 radical (unpaired) electrons. The Morgan fingerprint density at radius 1 is 1.20 bits per heavy atom. The second kappa shape index (κ2) is 6.19. The van der Waals surface area contributed by atoms with E-state index in [-0.39, 0.29) is 12.4 Å². The van der Waals surface area contributed by atoms with Crippen LogP contribution in [0.1, 0.15) is 11.1 Å². The number of anilines is 1. The van der Waals surface area contributed by atoms with E-state index < -0.39 is 5.97 Å². The molecule has 3 nitrogen and oxygen atoms in total. The quantitative estimate of drug-likeness (QED) is 0.909. The molecule has 0 spiro atoms. The van der Waals surface area contributed by atoms with Gasteiger partial charge in [0.25, 0.3) is 0 Å². The fraction of sp³-hybridized carbons (Fsp3) is 0.188. The van der Waals surface area contributed by atoms with Crippen LogP contribution in [0.25, 0.3) is 0 Å². The second-order valence-corrected chi connectivity index (χ2v) is 4.66. The maximum Gasteiger partial charge on any atom is 0.323 e. The summed E-state index contributed by atoms with van der Waals surface area (Å²) in [6.07, 6.45) is 0. The van der Waals surface area contributed by atoms with Crippen LogP contribution >= 0.6 is 0 Å². The molecular formula is C16H16FNO2. The molecule has 0 saturated carbocycles. The van der Waals surface area contributed by atoms with Crippen molar-refractivity contribution >= 4 is 11.7 Å². The minimum atomic E-state index is -0.942. The Morgan fingerprint density at radius 2 is 1.95 bits per heavy atom. The van der Waals surface area contributed by atoms with Gasteiger partial charge in [-0.15, -0.1) is 0 Å². The molecule has 0 saturated heterocycles. The summed E-state index contributed by atoms with van der Waals surface area (Å²) < 4.78 is 13.3. The van der Waals surface area contributed by atoms with Crippen LogP contribution in [0, 0.1) is 12.7 Å². The summed E-state index contributed by atoms with van der Waals surface area (Å²) in [4.78, 5) is 12.7. The molecule has 4 heteroatoms. The van der Waals surface area contributed by atoms with E-state index in [0.717, 1.165) is 11.1 Å². The van der Waals surface area contributed by atoms with Gasteiger partial charge in [-0.3, -0.25) is 4.79 Å². The van der Waals surface area contributed by atoms with Gasteiger partial charge in [0.05, 0.1) is 0 Å². The molecular weight excluding hydrogens is 257 g/mol. The zero-order chi connectivity index (χ0) is 14.5. The van der Waals surface area contributed by atoms with Crippen LogP contribution < -0.4 is 4.90 Å². The minimum absolute atomic E-state index is 0.169. The molecule has 0 aliphatic heterocycles. The van der Waals surface area contributed by atoms with Crippen molar-refractivity contribution in [1.82, 2.24) is 0 Å². The molecule has 0 amide bonds. The van der Waals surface area contributed by atoms with Gasteiger partial charge in [-0.1, -0.05) is 30.3 Å². The number of hydrogen-bond acceptors (Lipinski definition) is 2. The highest BCUT2D eigenvalue weighted by molar-refractivity contribution is 5.73. The van der Waals surface area contributed by atoms with Gasteiger partial charge in [0, 0.05) is 12.2 Å². The van der Waals surface area contributed by atoms with Crippen molar-refractivity contribution in [3.63, 3.8) is 0 Å². The lowest BCUT2D eigenvalue weighted by Gasteiger charge is -2.24. The van der Waals surface area contributed by atoms with Crippen molar-refractivity contribution in [3.8, 4) is 0 Å². The molecule has 0 heterocycles. The third kappa shape index (κ3) is 3.57. The molecule has 20 heavy (non-hydrogen) atoms. The Kier molecular flexibility index (Phi) is 4.35. The van der Waals surface area contributed by atoms with Crippen molar-refractivity contribution in [2.24, 2.45) is 0 Å². The summed E-state index contributed by atoms with van der Waals surface area (Å²) in [6.45, 7) is 2.24. The van der Waals surface area contributed by atoms with Gasteiger partial charge in [0.2, 0.25) is 0 Å². The maximum atomic E-state index is 13.3. The van der Waals surface area contributed by atoms with Crippen LogP contribution in [0.5, 0.6) is 0 Å². The summed E-state index contributed by atoms with van der Waals surface area (Å²) in [5, 5.41) is 9.03. The van der Waals surface area contributed by atoms with Gasteiger partial charge in [-0.25, -0.2) is 4.39 Å². The largest absolute Gasteiger partial charge is 0.480 e. The van der Waals surface area contributed by atoms with E-state index in [1.54, 1.807) is 17.0 Å². The third-order valence-corrected chi connectivity index (χ3v) is 3.12. The molecule has 0 fully saturated rings. The zero-order valence-electron chi connectivity index (χ0n) is 11.2. The Balaban J connectivity index is 2.29. The molecule has 0 atom stereocenters. The summed E-state index contributed by atoms with van der Waals surface area (Å²) >= 11 is 0. The topological polar surface area (TPSA) is 40.5 Å². The summed E-state index contributed by atoms with van der Waals surface area (Å²) in [5.41, 5.74) is 2.67. The SMILES string of the molecule is Cc1ccccc1CN(CC(=O)O)c1cccc(F)c1. The molecule has 0 aromatic heterocycles. The first-order valence-corrected chi connectivity index (χ1v) is 6.33. The number of hydrogen-bond donors (Lipinski definition) is 1. The van der Waals surface area contributed by atoms with Crippen LogP contribution in [0.2, 0.25) is 0 Å². The lowest BCUT2D eigenvalue weighted by atomic mass is 10.1. The van der Waals surface area contributed by atoms with Crippen LogP contribution in [0.4, 0.5) is 10.1 Å². The highest BCUT2D eigenvalue weighted by atomic mass is 19.1. The van der Waals surface area contributed by atoms with E-state index in [4.69, 9.17) is 5.11 Å². The van der Waals surface area contributed by atoms with Crippen molar-refractivity contribution in [3.05, 3.63) is 65.5 Å². The third-order valence-electron chi connectivity index (χ3n) is 3.12. The smallest absolute Gasteiger partial charge is 0.323 e. The zero-order valence-corrected chi connectivity index (χ0v) is 11.2. The highest BCUT2D eigenvalue weighted by Crippen LogP contribution is 2.19. The number of carbonyl (C=O) groups is 1. The van der Waals surface area contributed by atoms with E-state index in [9.17, 15) is 9.18 Å². The average Bonchev–Trinajstić information content (AvgIpc) is 2.40. The predicted molar refractivity (Wildman–Crippen MR) is 76.3 cm³/mol. The van der Waals surface area contributed by atoms with Crippen molar-refractivity contribution in [2.45, 2.75) is 13.5 Å². The number of carboxylic acid groups (broad SMARTS) is 1. The monoisotopic (exact) mass is 273 g/mol. The Morgan fingerprint density at radius 3 is 2.60 bits per heavy atom.